The Morgan fingerprint density at radius 1 is 1.09 bits per heavy atom. The molecule has 4 rings (SSSR count). The van der Waals surface area contributed by atoms with E-state index in [1.807, 2.05) is 6.07 Å². The van der Waals surface area contributed by atoms with Gasteiger partial charge in [-0.2, -0.15) is 0 Å². The van der Waals surface area contributed by atoms with E-state index in [0.29, 0.717) is 6.54 Å². The summed E-state index contributed by atoms with van der Waals surface area (Å²) in [5, 5.41) is 3.66. The highest BCUT2D eigenvalue weighted by Gasteiger charge is 2.33. The highest BCUT2D eigenvalue weighted by atomic mass is 16.5. The molecule has 0 N–H and O–H groups in total. The number of nitrogens with zero attached hydrogens (tertiary/aromatic N) is 2. The van der Waals surface area contributed by atoms with Gasteiger partial charge in [0.2, 0.25) is 0 Å². The summed E-state index contributed by atoms with van der Waals surface area (Å²) in [6.07, 6.45) is 0. The van der Waals surface area contributed by atoms with Crippen LogP contribution in [0.25, 0.3) is 21.7 Å². The molecule has 22 heavy (non-hydrogen) atoms. The van der Waals surface area contributed by atoms with E-state index in [0.717, 1.165) is 18.9 Å². The van der Waals surface area contributed by atoms with Crippen LogP contribution in [0.2, 0.25) is 0 Å². The summed E-state index contributed by atoms with van der Waals surface area (Å²) in [6.45, 7) is 2.00. The van der Waals surface area contributed by atoms with Crippen molar-refractivity contribution in [3.8, 4) is 0 Å². The van der Waals surface area contributed by atoms with Gasteiger partial charge in [-0.15, -0.1) is 0 Å². The van der Waals surface area contributed by atoms with Gasteiger partial charge in [0.1, 0.15) is 18.6 Å². The molecule has 2 aromatic carbocycles. The number of carbonyl (C=O) groups excluding carboxylic acids is 1. The minimum atomic E-state index is -0.203. The van der Waals surface area contributed by atoms with Gasteiger partial charge < -0.3 is 4.74 Å². The quantitative estimate of drug-likeness (QED) is 0.413. The number of ether oxygens (including phenoxy) is 1. The zero-order chi connectivity index (χ0) is 15.1. The molecular weight excluding hydrogens is 276 g/mol. The van der Waals surface area contributed by atoms with E-state index >= 15 is 0 Å². The minimum absolute atomic E-state index is 0.203. The lowest BCUT2D eigenvalue weighted by Crippen LogP contribution is -2.33. The first kappa shape index (κ1) is 13.1. The number of fused-ring (bicyclic) bond motifs is 6. The zero-order valence-electron chi connectivity index (χ0n) is 12.5. The average Bonchev–Trinajstić information content (AvgIpc) is 2.99. The fraction of sp³-hybridized carbons (Fsp3) is 0.222. The molecule has 0 unspecified atom stereocenters. The minimum Gasteiger partial charge on any atom is -0.466 e. The van der Waals surface area contributed by atoms with Crippen molar-refractivity contribution in [2.75, 3.05) is 25.1 Å². The number of esters is 1. The first-order valence-electron chi connectivity index (χ1n) is 7.44. The molecular formula is C18H17N2O2+. The van der Waals surface area contributed by atoms with E-state index in [9.17, 15) is 4.79 Å². The molecule has 3 aromatic rings. The van der Waals surface area contributed by atoms with Crippen molar-refractivity contribution in [3.63, 3.8) is 0 Å². The predicted molar refractivity (Wildman–Crippen MR) is 85.9 cm³/mol. The molecule has 0 fully saturated rings. The number of pyridine rings is 1. The van der Waals surface area contributed by atoms with Crippen molar-refractivity contribution >= 4 is 33.5 Å². The van der Waals surface area contributed by atoms with E-state index in [1.165, 1.54) is 28.8 Å². The van der Waals surface area contributed by atoms with Crippen LogP contribution in [0.5, 0.6) is 0 Å². The van der Waals surface area contributed by atoms with Crippen LogP contribution in [0.3, 0.4) is 0 Å². The van der Waals surface area contributed by atoms with E-state index < -0.39 is 0 Å². The Kier molecular flexibility index (Phi) is 2.96. The maximum atomic E-state index is 11.7. The number of benzene rings is 2. The molecule has 2 heterocycles. The van der Waals surface area contributed by atoms with Gasteiger partial charge in [-0.05, 0) is 12.1 Å². The molecule has 1 aromatic heterocycles. The Hall–Kier alpha value is -2.62. The first-order valence-corrected chi connectivity index (χ1v) is 7.44. The van der Waals surface area contributed by atoms with E-state index in [2.05, 4.69) is 51.9 Å². The molecule has 0 radical (unpaired) electrons. The lowest BCUT2D eigenvalue weighted by atomic mass is 10.1. The molecule has 0 aliphatic carbocycles. The van der Waals surface area contributed by atoms with Gasteiger partial charge in [-0.1, -0.05) is 36.4 Å². The van der Waals surface area contributed by atoms with Gasteiger partial charge in [-0.25, -0.2) is 14.3 Å². The fourth-order valence-electron chi connectivity index (χ4n) is 3.38. The van der Waals surface area contributed by atoms with E-state index in [1.54, 1.807) is 0 Å². The first-order chi connectivity index (χ1) is 10.8. The smallest absolute Gasteiger partial charge is 0.347 e. The Bertz CT molecular complexity index is 889. The molecule has 1 aliphatic rings. The predicted octanol–water partition coefficient (Wildman–Crippen LogP) is 2.27. The summed E-state index contributed by atoms with van der Waals surface area (Å²) in [6, 6.07) is 16.8. The molecule has 1 aliphatic heterocycles. The lowest BCUT2D eigenvalue weighted by Gasteiger charge is -2.12. The number of rotatable bonds is 2. The summed E-state index contributed by atoms with van der Waals surface area (Å²) in [7, 11) is 1.44. The van der Waals surface area contributed by atoms with Crippen LogP contribution in [0.4, 0.5) is 5.82 Å². The fourth-order valence-corrected chi connectivity index (χ4v) is 3.38. The molecule has 0 saturated carbocycles. The summed E-state index contributed by atoms with van der Waals surface area (Å²) in [5.41, 5.74) is 1.21. The number of anilines is 1. The summed E-state index contributed by atoms with van der Waals surface area (Å²) >= 11 is 0. The van der Waals surface area contributed by atoms with Gasteiger partial charge in [-0.3, -0.25) is 0 Å². The van der Waals surface area contributed by atoms with Gasteiger partial charge in [0.05, 0.1) is 12.5 Å². The average molecular weight is 293 g/mol. The summed E-state index contributed by atoms with van der Waals surface area (Å²) in [4.78, 5) is 13.8. The molecule has 4 heteroatoms. The normalized spacial score (nSPS) is 13.6. The molecule has 110 valence electrons. The van der Waals surface area contributed by atoms with Crippen molar-refractivity contribution in [3.05, 3.63) is 48.5 Å². The summed E-state index contributed by atoms with van der Waals surface area (Å²) in [5.74, 6) is 0.908. The molecule has 4 nitrogen and oxygen atoms in total. The van der Waals surface area contributed by atoms with Crippen LogP contribution in [0.15, 0.2) is 48.5 Å². The van der Waals surface area contributed by atoms with E-state index in [4.69, 9.17) is 4.74 Å². The van der Waals surface area contributed by atoms with Crippen molar-refractivity contribution in [1.29, 1.82) is 0 Å². The zero-order valence-corrected chi connectivity index (χ0v) is 12.5. The van der Waals surface area contributed by atoms with Gasteiger partial charge >= 0.3 is 5.97 Å². The van der Waals surface area contributed by atoms with Gasteiger partial charge in [0.25, 0.3) is 5.82 Å². The second kappa shape index (κ2) is 4.98. The van der Waals surface area contributed by atoms with E-state index in [-0.39, 0.29) is 5.97 Å². The Balaban J connectivity index is 2.02. The van der Waals surface area contributed by atoms with Crippen LogP contribution >= 0.6 is 0 Å². The Morgan fingerprint density at radius 2 is 1.77 bits per heavy atom. The third kappa shape index (κ3) is 1.84. The summed E-state index contributed by atoms with van der Waals surface area (Å²) < 4.78 is 7.14. The topological polar surface area (TPSA) is 33.4 Å². The second-order valence-electron chi connectivity index (χ2n) is 5.54. The number of hydrogen-bond donors (Lipinski definition) is 0. The standard InChI is InChI=1S/C18H17N2O2/c1-22-17(21)12-19-10-11-20-16-9-5-4-7-14(16)13-6-2-3-8-15(13)18(19)20/h2-9H,10-12H2,1H3/q+1. The van der Waals surface area contributed by atoms with Crippen LogP contribution in [-0.2, 0) is 16.1 Å². The molecule has 0 bridgehead atoms. The van der Waals surface area contributed by atoms with Crippen molar-refractivity contribution in [2.24, 2.45) is 0 Å². The molecule has 0 atom stereocenters. The number of para-hydroxylation sites is 1. The highest BCUT2D eigenvalue weighted by Crippen LogP contribution is 2.31. The SMILES string of the molecule is COC(=O)CN1CC[n+]2c1c1ccccc1c1ccccc12. The Labute approximate surface area is 128 Å². The maximum absolute atomic E-state index is 11.7. The number of aromatic nitrogens is 1. The number of methoxy groups -OCH3 is 1. The van der Waals surface area contributed by atoms with Crippen LogP contribution in [0, 0.1) is 0 Å². The molecule has 0 spiro atoms. The number of carbonyl (C=O) groups is 1. The van der Waals surface area contributed by atoms with Gasteiger partial charge in [0, 0.05) is 10.8 Å². The van der Waals surface area contributed by atoms with Crippen molar-refractivity contribution in [1.82, 2.24) is 0 Å². The molecule has 0 amide bonds. The molecule has 0 saturated heterocycles. The van der Waals surface area contributed by atoms with Gasteiger partial charge in [0.15, 0.2) is 6.54 Å². The number of hydrogen-bond acceptors (Lipinski definition) is 3. The monoisotopic (exact) mass is 293 g/mol. The lowest BCUT2D eigenvalue weighted by molar-refractivity contribution is -0.643. The van der Waals surface area contributed by atoms with Crippen LogP contribution in [0.1, 0.15) is 0 Å². The third-order valence-electron chi connectivity index (χ3n) is 4.35. The largest absolute Gasteiger partial charge is 0.466 e. The van der Waals surface area contributed by atoms with Crippen molar-refractivity contribution < 1.29 is 14.1 Å². The Morgan fingerprint density at radius 3 is 2.55 bits per heavy atom. The second-order valence-corrected chi connectivity index (χ2v) is 5.54. The highest BCUT2D eigenvalue weighted by molar-refractivity contribution is 6.08. The van der Waals surface area contributed by atoms with Crippen LogP contribution in [-0.4, -0.2) is 26.2 Å². The third-order valence-corrected chi connectivity index (χ3v) is 4.35. The van der Waals surface area contributed by atoms with Crippen molar-refractivity contribution in [2.45, 2.75) is 6.54 Å². The van der Waals surface area contributed by atoms with Crippen LogP contribution < -0.4 is 9.47 Å². The maximum Gasteiger partial charge on any atom is 0.347 e.